The molecule has 1 N–H and O–H groups in total. The second-order valence-electron chi connectivity index (χ2n) is 8.13. The number of carbonyl (C=O) groups is 1. The number of benzene rings is 1. The van der Waals surface area contributed by atoms with Crippen molar-refractivity contribution in [1.29, 1.82) is 0 Å². The highest BCUT2D eigenvalue weighted by molar-refractivity contribution is 5.79. The summed E-state index contributed by atoms with van der Waals surface area (Å²) in [7, 11) is 0. The highest BCUT2D eigenvalue weighted by Gasteiger charge is 2.27. The van der Waals surface area contributed by atoms with Crippen molar-refractivity contribution in [2.45, 2.75) is 38.6 Å². The number of hydrogen-bond donors (Lipinski definition) is 1. The summed E-state index contributed by atoms with van der Waals surface area (Å²) in [5.74, 6) is 1.27. The molecular weight excluding hydrogens is 372 g/mol. The largest absolute Gasteiger partial charge is 0.355 e. The van der Waals surface area contributed by atoms with Crippen molar-refractivity contribution in [3.63, 3.8) is 0 Å². The van der Waals surface area contributed by atoms with Crippen LogP contribution in [0.25, 0.3) is 5.69 Å². The number of rotatable bonds is 7. The molecule has 5 nitrogen and oxygen atoms in total. The molecule has 4 rings (SSSR count). The van der Waals surface area contributed by atoms with Gasteiger partial charge in [0.25, 0.3) is 0 Å². The molecular formula is C25H30N4O. The van der Waals surface area contributed by atoms with E-state index in [1.807, 2.05) is 42.9 Å². The lowest BCUT2D eigenvalue weighted by Gasteiger charge is -2.33. The number of anilines is 1. The van der Waals surface area contributed by atoms with E-state index >= 15 is 0 Å². The molecule has 2 aromatic heterocycles. The SMILES string of the molecule is C[C@@H](CCc1ccccc1)NC(=O)C1CCN(c2ncccc2-n2cccc2)CC1. The monoisotopic (exact) mass is 402 g/mol. The Morgan fingerprint density at radius 2 is 1.80 bits per heavy atom. The van der Waals surface area contributed by atoms with Gasteiger partial charge in [0, 0.05) is 43.6 Å². The molecule has 0 bridgehead atoms. The predicted molar refractivity (Wildman–Crippen MR) is 121 cm³/mol. The standard InChI is InChI=1S/C25H30N4O/c1-20(11-12-21-8-3-2-4-9-21)27-25(30)22-13-18-29(19-14-22)24-23(10-7-15-26-24)28-16-5-6-17-28/h2-10,15-17,20,22H,11-14,18-19H2,1H3,(H,27,30)/t20-/m0/s1. The maximum Gasteiger partial charge on any atom is 0.223 e. The van der Waals surface area contributed by atoms with E-state index in [0.29, 0.717) is 0 Å². The molecule has 0 radical (unpaired) electrons. The number of nitrogens with one attached hydrogen (secondary N) is 1. The van der Waals surface area contributed by atoms with Gasteiger partial charge >= 0.3 is 0 Å². The quantitative estimate of drug-likeness (QED) is 0.644. The number of pyridine rings is 1. The zero-order chi connectivity index (χ0) is 20.8. The van der Waals surface area contributed by atoms with Crippen LogP contribution in [0, 0.1) is 5.92 Å². The number of carbonyl (C=O) groups excluding carboxylic acids is 1. The van der Waals surface area contributed by atoms with Crippen LogP contribution >= 0.6 is 0 Å². The van der Waals surface area contributed by atoms with Gasteiger partial charge < -0.3 is 14.8 Å². The summed E-state index contributed by atoms with van der Waals surface area (Å²) in [5, 5.41) is 3.23. The second kappa shape index (κ2) is 9.61. The molecule has 0 unspecified atom stereocenters. The van der Waals surface area contributed by atoms with E-state index in [1.165, 1.54) is 5.56 Å². The second-order valence-corrected chi connectivity index (χ2v) is 8.13. The highest BCUT2D eigenvalue weighted by Crippen LogP contribution is 2.27. The van der Waals surface area contributed by atoms with Crippen LogP contribution in [-0.4, -0.2) is 34.6 Å². The molecule has 0 aliphatic carbocycles. The van der Waals surface area contributed by atoms with Crippen molar-refractivity contribution < 1.29 is 4.79 Å². The van der Waals surface area contributed by atoms with E-state index in [0.717, 1.165) is 50.3 Å². The van der Waals surface area contributed by atoms with Gasteiger partial charge in [-0.3, -0.25) is 4.79 Å². The Hall–Kier alpha value is -3.08. The van der Waals surface area contributed by atoms with E-state index in [-0.39, 0.29) is 17.9 Å². The van der Waals surface area contributed by atoms with Crippen LogP contribution in [-0.2, 0) is 11.2 Å². The molecule has 0 spiro atoms. The Morgan fingerprint density at radius 1 is 1.07 bits per heavy atom. The predicted octanol–water partition coefficient (Wildman–Crippen LogP) is 4.23. The number of aromatic nitrogens is 2. The fourth-order valence-corrected chi connectivity index (χ4v) is 4.14. The third-order valence-corrected chi connectivity index (χ3v) is 5.91. The van der Waals surface area contributed by atoms with Crippen molar-refractivity contribution in [3.8, 4) is 5.69 Å². The molecule has 1 aliphatic rings. The van der Waals surface area contributed by atoms with Crippen molar-refractivity contribution in [1.82, 2.24) is 14.9 Å². The van der Waals surface area contributed by atoms with E-state index in [2.05, 4.69) is 57.0 Å². The van der Waals surface area contributed by atoms with Gasteiger partial charge in [0.1, 0.15) is 0 Å². The van der Waals surface area contributed by atoms with Crippen LogP contribution in [0.1, 0.15) is 31.7 Å². The first-order valence-corrected chi connectivity index (χ1v) is 10.9. The van der Waals surface area contributed by atoms with E-state index in [4.69, 9.17) is 0 Å². The Balaban J connectivity index is 1.29. The van der Waals surface area contributed by atoms with Gasteiger partial charge in [-0.05, 0) is 62.4 Å². The molecule has 3 aromatic rings. The average Bonchev–Trinajstić information content (AvgIpc) is 3.33. The number of piperidine rings is 1. The maximum absolute atomic E-state index is 12.8. The van der Waals surface area contributed by atoms with Crippen LogP contribution in [0.2, 0.25) is 0 Å². The van der Waals surface area contributed by atoms with Crippen molar-refractivity contribution in [3.05, 3.63) is 78.8 Å². The lowest BCUT2D eigenvalue weighted by molar-refractivity contribution is -0.126. The van der Waals surface area contributed by atoms with Gasteiger partial charge in [0.15, 0.2) is 5.82 Å². The summed E-state index contributed by atoms with van der Waals surface area (Å²) in [6, 6.07) is 18.7. The van der Waals surface area contributed by atoms with Crippen molar-refractivity contribution >= 4 is 11.7 Å². The van der Waals surface area contributed by atoms with E-state index in [9.17, 15) is 4.79 Å². The summed E-state index contributed by atoms with van der Waals surface area (Å²) in [6.45, 7) is 3.80. The number of amides is 1. The Bertz CT molecular complexity index is 931. The zero-order valence-electron chi connectivity index (χ0n) is 17.6. The summed E-state index contributed by atoms with van der Waals surface area (Å²) < 4.78 is 2.09. The molecule has 0 saturated carbocycles. The molecule has 1 fully saturated rings. The van der Waals surface area contributed by atoms with Crippen molar-refractivity contribution in [2.24, 2.45) is 5.92 Å². The van der Waals surface area contributed by atoms with Gasteiger partial charge in [-0.2, -0.15) is 0 Å². The first kappa shape index (κ1) is 20.2. The molecule has 1 aliphatic heterocycles. The number of hydrogen-bond acceptors (Lipinski definition) is 3. The van der Waals surface area contributed by atoms with Gasteiger partial charge in [0.05, 0.1) is 5.69 Å². The lowest BCUT2D eigenvalue weighted by Crippen LogP contribution is -2.43. The summed E-state index contributed by atoms with van der Waals surface area (Å²) in [4.78, 5) is 19.7. The van der Waals surface area contributed by atoms with Gasteiger partial charge in [-0.25, -0.2) is 4.98 Å². The van der Waals surface area contributed by atoms with Gasteiger partial charge in [0.2, 0.25) is 5.91 Å². The smallest absolute Gasteiger partial charge is 0.223 e. The minimum Gasteiger partial charge on any atom is -0.355 e. The van der Waals surface area contributed by atoms with Crippen LogP contribution in [0.5, 0.6) is 0 Å². The van der Waals surface area contributed by atoms with E-state index in [1.54, 1.807) is 0 Å². The van der Waals surface area contributed by atoms with Crippen LogP contribution in [0.3, 0.4) is 0 Å². The molecule has 1 amide bonds. The molecule has 1 saturated heterocycles. The zero-order valence-corrected chi connectivity index (χ0v) is 17.6. The molecule has 1 atom stereocenters. The third kappa shape index (κ3) is 4.90. The normalized spacial score (nSPS) is 15.7. The average molecular weight is 403 g/mol. The first-order valence-electron chi connectivity index (χ1n) is 10.9. The van der Waals surface area contributed by atoms with Crippen LogP contribution < -0.4 is 10.2 Å². The number of nitrogens with zero attached hydrogens (tertiary/aromatic N) is 3. The third-order valence-electron chi connectivity index (χ3n) is 5.91. The molecule has 30 heavy (non-hydrogen) atoms. The van der Waals surface area contributed by atoms with E-state index < -0.39 is 0 Å². The fraction of sp³-hybridized carbons (Fsp3) is 0.360. The summed E-state index contributed by atoms with van der Waals surface area (Å²) in [6.07, 6.45) is 9.59. The van der Waals surface area contributed by atoms with Crippen molar-refractivity contribution in [2.75, 3.05) is 18.0 Å². The van der Waals surface area contributed by atoms with Crippen LogP contribution in [0.4, 0.5) is 5.82 Å². The lowest BCUT2D eigenvalue weighted by atomic mass is 9.95. The first-order chi connectivity index (χ1) is 14.7. The summed E-state index contributed by atoms with van der Waals surface area (Å²) in [5.41, 5.74) is 2.40. The molecule has 156 valence electrons. The Kier molecular flexibility index (Phi) is 6.47. The summed E-state index contributed by atoms with van der Waals surface area (Å²) >= 11 is 0. The maximum atomic E-state index is 12.8. The molecule has 1 aromatic carbocycles. The topological polar surface area (TPSA) is 50.2 Å². The van der Waals surface area contributed by atoms with Gasteiger partial charge in [-0.1, -0.05) is 30.3 Å². The van der Waals surface area contributed by atoms with Gasteiger partial charge in [-0.15, -0.1) is 0 Å². The minimum absolute atomic E-state index is 0.0826. The molecule has 3 heterocycles. The molecule has 5 heteroatoms. The number of aryl methyl sites for hydroxylation is 1. The highest BCUT2D eigenvalue weighted by atomic mass is 16.1. The van der Waals surface area contributed by atoms with Crippen LogP contribution in [0.15, 0.2) is 73.2 Å². The Morgan fingerprint density at radius 3 is 2.53 bits per heavy atom. The Labute approximate surface area is 178 Å². The fourth-order valence-electron chi connectivity index (χ4n) is 4.14. The minimum atomic E-state index is 0.0826.